The molecular weight excluding hydrogens is 616 g/mol. The summed E-state index contributed by atoms with van der Waals surface area (Å²) in [5.74, 6) is -0.439. The largest absolute Gasteiger partial charge is 0.493 e. The summed E-state index contributed by atoms with van der Waals surface area (Å²) in [5, 5.41) is 14.1. The summed E-state index contributed by atoms with van der Waals surface area (Å²) in [7, 11) is -0.00831. The van der Waals surface area contributed by atoms with Gasteiger partial charge in [0.15, 0.2) is 11.3 Å². The zero-order valence-corrected chi connectivity index (χ0v) is 28.4. The van der Waals surface area contributed by atoms with Crippen LogP contribution in [0, 0.1) is 0 Å². The molecule has 0 spiro atoms. The van der Waals surface area contributed by atoms with Gasteiger partial charge < -0.3 is 19.7 Å². The van der Waals surface area contributed by atoms with Gasteiger partial charge in [-0.05, 0) is 59.4 Å². The number of carbonyl (C=O) groups excluding carboxylic acids is 3. The molecule has 14 nitrogen and oxygen atoms in total. The first-order valence-electron chi connectivity index (χ1n) is 15.2. The number of sulfonamides is 1. The number of benzene rings is 1. The second-order valence-corrected chi connectivity index (χ2v) is 13.5. The van der Waals surface area contributed by atoms with E-state index in [2.05, 4.69) is 15.0 Å². The molecule has 0 amide bonds. The molecule has 46 heavy (non-hydrogen) atoms. The fourth-order valence-electron chi connectivity index (χ4n) is 5.23. The van der Waals surface area contributed by atoms with E-state index in [-0.39, 0.29) is 40.7 Å². The number of ketones is 3. The Labute approximate surface area is 268 Å². The first kappa shape index (κ1) is 36.7. The van der Waals surface area contributed by atoms with Gasteiger partial charge in [0.25, 0.3) is 5.56 Å². The minimum Gasteiger partial charge on any atom is -0.493 e. The molecule has 3 aromatic rings. The van der Waals surface area contributed by atoms with Gasteiger partial charge in [0.2, 0.25) is 10.0 Å². The van der Waals surface area contributed by atoms with Crippen LogP contribution in [0.4, 0.5) is 0 Å². The molecule has 0 radical (unpaired) electrons. The summed E-state index contributed by atoms with van der Waals surface area (Å²) >= 11 is 0. The quantitative estimate of drug-likeness (QED) is 0.289. The van der Waals surface area contributed by atoms with Crippen molar-refractivity contribution in [1.29, 1.82) is 0 Å². The Morgan fingerprint density at radius 1 is 1.02 bits per heavy atom. The van der Waals surface area contributed by atoms with E-state index in [1.165, 1.54) is 29.8 Å². The lowest BCUT2D eigenvalue weighted by molar-refractivity contribution is -0.144. The molecule has 3 heterocycles. The summed E-state index contributed by atoms with van der Waals surface area (Å²) < 4.78 is 35.4. The number of nitrogens with zero attached hydrogens (tertiary/aromatic N) is 5. The number of ether oxygens (including phenoxy) is 1. The molecule has 252 valence electrons. The molecule has 15 heteroatoms. The predicted molar refractivity (Wildman–Crippen MR) is 172 cm³/mol. The highest BCUT2D eigenvalue weighted by molar-refractivity contribution is 7.89. The maximum absolute atomic E-state index is 13.3. The zero-order chi connectivity index (χ0) is 34.4. The van der Waals surface area contributed by atoms with E-state index in [0.717, 1.165) is 12.1 Å². The molecule has 0 atom stereocenters. The van der Waals surface area contributed by atoms with Gasteiger partial charge in [-0.25, -0.2) is 13.4 Å². The van der Waals surface area contributed by atoms with Gasteiger partial charge in [-0.2, -0.15) is 9.40 Å². The molecule has 2 N–H and O–H groups in total. The number of fused-ring (bicyclic) bond motifs is 1. The molecule has 1 saturated heterocycles. The van der Waals surface area contributed by atoms with E-state index in [1.54, 1.807) is 25.2 Å². The Morgan fingerprint density at radius 3 is 2.15 bits per heavy atom. The fraction of sp³-hybridized carbons (Fsp3) is 0.548. The number of piperazine rings is 1. The smallest absolute Gasteiger partial charge is 0.277 e. The number of H-pyrrole nitrogens is 1. The van der Waals surface area contributed by atoms with E-state index in [4.69, 9.17) is 9.72 Å². The molecule has 1 aliphatic rings. The van der Waals surface area contributed by atoms with Crippen LogP contribution >= 0.6 is 0 Å². The zero-order valence-electron chi connectivity index (χ0n) is 27.5. The van der Waals surface area contributed by atoms with Crippen LogP contribution in [-0.2, 0) is 37.9 Å². The lowest BCUT2D eigenvalue weighted by atomic mass is 9.88. The van der Waals surface area contributed by atoms with E-state index in [9.17, 15) is 32.7 Å². The monoisotopic (exact) mass is 660 g/mol. The first-order chi connectivity index (χ1) is 21.5. The lowest BCUT2D eigenvalue weighted by Gasteiger charge is -2.31. The minimum absolute atomic E-state index is 0.147. The van der Waals surface area contributed by atoms with Crippen LogP contribution in [0.5, 0.6) is 5.75 Å². The van der Waals surface area contributed by atoms with E-state index in [1.807, 2.05) is 20.9 Å². The number of hydrogen-bond donors (Lipinski definition) is 2. The number of aryl methyl sites for hydroxylation is 2. The number of hydrogen-bond acceptors (Lipinski definition) is 11. The highest BCUT2D eigenvalue weighted by atomic mass is 32.2. The number of aliphatic hydroxyl groups is 1. The molecule has 0 aliphatic carbocycles. The molecule has 1 aromatic carbocycles. The summed E-state index contributed by atoms with van der Waals surface area (Å²) in [6.07, 6.45) is 0.964. The average Bonchev–Trinajstić information content (AvgIpc) is 3.28. The van der Waals surface area contributed by atoms with Gasteiger partial charge in [-0.15, -0.1) is 0 Å². The van der Waals surface area contributed by atoms with Crippen LogP contribution in [0.1, 0.15) is 59.6 Å². The van der Waals surface area contributed by atoms with Gasteiger partial charge in [-0.1, -0.05) is 13.3 Å². The van der Waals surface area contributed by atoms with Crippen molar-refractivity contribution >= 4 is 38.4 Å². The van der Waals surface area contributed by atoms with Crippen molar-refractivity contribution in [3.8, 4) is 17.1 Å². The van der Waals surface area contributed by atoms with Crippen molar-refractivity contribution < 1.29 is 32.6 Å². The van der Waals surface area contributed by atoms with Crippen molar-refractivity contribution in [2.24, 2.45) is 7.05 Å². The molecule has 0 bridgehead atoms. The molecule has 1 fully saturated rings. The van der Waals surface area contributed by atoms with E-state index >= 15 is 0 Å². The SMILES string of the molecule is CC(=O)CC(O)(CC(C)=O)C(C)=O.CCCc1nn(C)c2c(=O)[nH]c(-c3cc(S(=O)(=O)N4CCN(C)CC4)ccc3OCC)nc12. The van der Waals surface area contributed by atoms with Crippen LogP contribution < -0.4 is 10.3 Å². The summed E-state index contributed by atoms with van der Waals surface area (Å²) in [4.78, 5) is 55.1. The van der Waals surface area contributed by atoms with Gasteiger partial charge in [0.1, 0.15) is 34.3 Å². The number of rotatable bonds is 12. The Hall–Kier alpha value is -3.79. The van der Waals surface area contributed by atoms with Crippen LogP contribution in [0.3, 0.4) is 0 Å². The third kappa shape index (κ3) is 8.51. The highest BCUT2D eigenvalue weighted by Crippen LogP contribution is 2.32. The van der Waals surface area contributed by atoms with Crippen LogP contribution in [0.2, 0.25) is 0 Å². The number of Topliss-reactive ketones (excluding diaryl/α,β-unsaturated/α-hetero) is 3. The number of likely N-dealkylation sites (N-methyl/N-ethyl adjacent to an activating group) is 1. The van der Waals surface area contributed by atoms with Crippen LogP contribution in [-0.4, -0.2) is 105 Å². The molecule has 4 rings (SSSR count). The summed E-state index contributed by atoms with van der Waals surface area (Å²) in [6, 6.07) is 4.71. The third-order valence-electron chi connectivity index (χ3n) is 7.59. The second-order valence-electron chi connectivity index (χ2n) is 11.6. The topological polar surface area (TPSA) is 185 Å². The molecule has 2 aromatic heterocycles. The second kappa shape index (κ2) is 15.2. The Balaban J connectivity index is 0.000000376. The average molecular weight is 661 g/mol. The normalized spacial score (nSPS) is 14.5. The van der Waals surface area contributed by atoms with Gasteiger partial charge in [0.05, 0.1) is 22.8 Å². The fourth-order valence-corrected chi connectivity index (χ4v) is 6.68. The Kier molecular flexibility index (Phi) is 12.1. The molecular formula is C31H44N6O8S. The minimum atomic E-state index is -3.70. The van der Waals surface area contributed by atoms with E-state index in [0.29, 0.717) is 61.6 Å². The number of nitrogens with one attached hydrogen (secondary N) is 1. The number of carbonyl (C=O) groups is 3. The lowest BCUT2D eigenvalue weighted by Crippen LogP contribution is -2.47. The van der Waals surface area contributed by atoms with Gasteiger partial charge >= 0.3 is 0 Å². The summed E-state index contributed by atoms with van der Waals surface area (Å²) in [6.45, 7) is 10.2. The summed E-state index contributed by atoms with van der Waals surface area (Å²) in [5.41, 5.74) is -0.0484. The van der Waals surface area contributed by atoms with Crippen LogP contribution in [0.15, 0.2) is 27.9 Å². The standard InChI is InChI=1S/C22H30N6O4S.C9H14O4/c1-5-7-17-19-20(27(4)25-17)22(29)24-21(23-19)16-14-15(8-9-18(16)32-6-2)33(30,31)28-12-10-26(3)11-13-28;1-6(10)4-9(13,8(3)12)5-7(2)11/h8-9,14H,5-7,10-13H2,1-4H3,(H,23,24,29);13H,4-5H2,1-3H3. The molecule has 0 saturated carbocycles. The maximum Gasteiger partial charge on any atom is 0.277 e. The van der Waals surface area contributed by atoms with Gasteiger partial charge in [-0.3, -0.25) is 23.9 Å². The molecule has 0 unspecified atom stereocenters. The van der Waals surface area contributed by atoms with Crippen molar-refractivity contribution in [3.63, 3.8) is 0 Å². The maximum atomic E-state index is 13.3. The Morgan fingerprint density at radius 2 is 1.63 bits per heavy atom. The first-order valence-corrected chi connectivity index (χ1v) is 16.6. The predicted octanol–water partition coefficient (Wildman–Crippen LogP) is 1.88. The van der Waals surface area contributed by atoms with Crippen molar-refractivity contribution in [2.75, 3.05) is 39.8 Å². The molecule has 1 aliphatic heterocycles. The van der Waals surface area contributed by atoms with Crippen molar-refractivity contribution in [1.82, 2.24) is 29.0 Å². The van der Waals surface area contributed by atoms with Gasteiger partial charge in [0, 0.05) is 46.1 Å². The Bertz CT molecular complexity index is 1740. The number of aromatic amines is 1. The van der Waals surface area contributed by atoms with Crippen molar-refractivity contribution in [2.45, 2.75) is 70.8 Å². The van der Waals surface area contributed by atoms with Crippen LogP contribution in [0.25, 0.3) is 22.4 Å². The number of aromatic nitrogens is 4. The van der Waals surface area contributed by atoms with E-state index < -0.39 is 21.4 Å². The van der Waals surface area contributed by atoms with Crippen molar-refractivity contribution in [3.05, 3.63) is 34.2 Å². The third-order valence-corrected chi connectivity index (χ3v) is 9.49. The highest BCUT2D eigenvalue weighted by Gasteiger charge is 2.35.